The number of amidine groups is 1. The lowest BCUT2D eigenvalue weighted by molar-refractivity contribution is -0.770. The minimum absolute atomic E-state index is 0.0774. The molecule has 8 nitrogen and oxygen atoms in total. The molecule has 3 aromatic carbocycles. The van der Waals surface area contributed by atoms with Crippen LogP contribution in [0.3, 0.4) is 0 Å². The van der Waals surface area contributed by atoms with Gasteiger partial charge in [0.2, 0.25) is 5.84 Å². The first-order valence-corrected chi connectivity index (χ1v) is 12.6. The second kappa shape index (κ2) is 10.8. The second-order valence-corrected chi connectivity index (χ2v) is 9.32. The number of H-pyrrole nitrogens is 1. The average Bonchev–Trinajstić information content (AvgIpc) is 3.50. The molecule has 1 aliphatic rings. The summed E-state index contributed by atoms with van der Waals surface area (Å²) in [4.78, 5) is 27.4. The molecule has 0 aliphatic carbocycles. The van der Waals surface area contributed by atoms with Crippen LogP contribution in [-0.2, 0) is 13.0 Å². The normalized spacial score (nSPS) is 17.0. The second-order valence-electron chi connectivity index (χ2n) is 9.32. The van der Waals surface area contributed by atoms with E-state index in [9.17, 15) is 9.59 Å². The van der Waals surface area contributed by atoms with Crippen LogP contribution < -0.4 is 11.2 Å². The topological polar surface area (TPSA) is 100 Å². The monoisotopic (exact) mass is 496 g/mol. The molecule has 2 N–H and O–H groups in total. The van der Waals surface area contributed by atoms with Crippen LogP contribution in [0.4, 0.5) is 4.79 Å². The number of quaternary nitrogens is 1. The van der Waals surface area contributed by atoms with Crippen LogP contribution in [-0.4, -0.2) is 33.0 Å². The van der Waals surface area contributed by atoms with Crippen molar-refractivity contribution in [1.29, 1.82) is 0 Å². The van der Waals surface area contributed by atoms with E-state index in [1.165, 1.54) is 5.56 Å². The molecule has 5 rings (SSSR count). The van der Waals surface area contributed by atoms with Crippen molar-refractivity contribution < 1.29 is 13.8 Å². The van der Waals surface area contributed by atoms with Gasteiger partial charge in [0.05, 0.1) is 6.54 Å². The van der Waals surface area contributed by atoms with Crippen molar-refractivity contribution in [2.24, 2.45) is 5.10 Å². The highest BCUT2D eigenvalue weighted by molar-refractivity contribution is 5.91. The first kappa shape index (κ1) is 24.4. The zero-order valence-electron chi connectivity index (χ0n) is 20.8. The number of rotatable bonds is 10. The number of hydrogen-bond acceptors (Lipinski definition) is 5. The first-order chi connectivity index (χ1) is 18.1. The number of aromatic nitrogens is 2. The van der Waals surface area contributed by atoms with Crippen molar-refractivity contribution in [1.82, 2.24) is 15.6 Å². The molecule has 0 spiro atoms. The Hall–Kier alpha value is -4.30. The van der Waals surface area contributed by atoms with Crippen molar-refractivity contribution >= 4 is 11.9 Å². The molecule has 0 saturated carbocycles. The maximum Gasteiger partial charge on any atom is 0.443 e. The Labute approximate surface area is 215 Å². The van der Waals surface area contributed by atoms with Gasteiger partial charge >= 0.3 is 11.8 Å². The predicted octanol–water partition coefficient (Wildman–Crippen LogP) is 5.48. The number of nitrogens with zero attached hydrogens (tertiary/aromatic N) is 3. The van der Waals surface area contributed by atoms with E-state index in [1.54, 1.807) is 0 Å². The van der Waals surface area contributed by atoms with E-state index in [2.05, 4.69) is 51.9 Å². The molecule has 8 heteroatoms. The van der Waals surface area contributed by atoms with Crippen LogP contribution in [0.1, 0.15) is 37.3 Å². The third-order valence-corrected chi connectivity index (χ3v) is 6.88. The molecule has 0 fully saturated rings. The predicted molar refractivity (Wildman–Crippen MR) is 142 cm³/mol. The highest BCUT2D eigenvalue weighted by atomic mass is 16.5. The molecule has 0 radical (unpaired) electrons. The van der Waals surface area contributed by atoms with Crippen LogP contribution in [0.5, 0.6) is 0 Å². The molecular formula is C29H30N5O3+. The molecule has 188 valence electrons. The van der Waals surface area contributed by atoms with Gasteiger partial charge in [-0.15, -0.1) is 5.10 Å². The Morgan fingerprint density at radius 3 is 2.27 bits per heavy atom. The fourth-order valence-electron chi connectivity index (χ4n) is 4.85. The Bertz CT molecular complexity index is 1460. The number of hydrazone groups is 1. The zero-order chi connectivity index (χ0) is 25.7. The molecule has 1 aliphatic heterocycles. The minimum Gasteiger partial charge on any atom is -0.296 e. The highest BCUT2D eigenvalue weighted by Gasteiger charge is 2.46. The maximum absolute atomic E-state index is 13.3. The van der Waals surface area contributed by atoms with Gasteiger partial charge in [-0.05, 0) is 23.1 Å². The Kier molecular flexibility index (Phi) is 7.09. The van der Waals surface area contributed by atoms with Crippen LogP contribution in [0.2, 0.25) is 0 Å². The van der Waals surface area contributed by atoms with Gasteiger partial charge in [-0.3, -0.25) is 9.51 Å². The van der Waals surface area contributed by atoms with E-state index in [0.717, 1.165) is 53.8 Å². The van der Waals surface area contributed by atoms with Crippen LogP contribution in [0, 0.1) is 0 Å². The number of hydrogen-bond donors (Lipinski definition) is 2. The van der Waals surface area contributed by atoms with Crippen molar-refractivity contribution in [2.75, 3.05) is 6.54 Å². The number of unbranched alkanes of at least 4 members (excludes halogenated alkanes) is 1. The van der Waals surface area contributed by atoms with Crippen molar-refractivity contribution in [3.63, 3.8) is 0 Å². The van der Waals surface area contributed by atoms with Gasteiger partial charge in [-0.2, -0.15) is 9.91 Å². The fourth-order valence-corrected chi connectivity index (χ4v) is 4.85. The van der Waals surface area contributed by atoms with E-state index in [0.29, 0.717) is 18.9 Å². The lowest BCUT2D eigenvalue weighted by Crippen LogP contribution is -2.55. The summed E-state index contributed by atoms with van der Waals surface area (Å²) >= 11 is 0. The lowest BCUT2D eigenvalue weighted by Gasteiger charge is -2.31. The smallest absolute Gasteiger partial charge is 0.296 e. The van der Waals surface area contributed by atoms with Gasteiger partial charge in [0.25, 0.3) is 0 Å². The highest BCUT2D eigenvalue weighted by Crippen LogP contribution is 2.31. The summed E-state index contributed by atoms with van der Waals surface area (Å²) < 4.78 is 4.89. The summed E-state index contributed by atoms with van der Waals surface area (Å²) in [7, 11) is 0. The van der Waals surface area contributed by atoms with Gasteiger partial charge in [-0.25, -0.2) is 9.59 Å². The quantitative estimate of drug-likeness (QED) is 0.284. The molecule has 1 unspecified atom stereocenters. The van der Waals surface area contributed by atoms with E-state index < -0.39 is 5.76 Å². The maximum atomic E-state index is 13.3. The third-order valence-electron chi connectivity index (χ3n) is 6.88. The molecule has 2 amide bonds. The van der Waals surface area contributed by atoms with Crippen molar-refractivity contribution in [3.05, 3.63) is 101 Å². The van der Waals surface area contributed by atoms with Gasteiger partial charge in [0.1, 0.15) is 6.54 Å². The summed E-state index contributed by atoms with van der Waals surface area (Å²) in [6.07, 6.45) is 3.59. The molecule has 4 aromatic rings. The largest absolute Gasteiger partial charge is 0.443 e. The first-order valence-electron chi connectivity index (χ1n) is 12.6. The Morgan fingerprint density at radius 2 is 1.57 bits per heavy atom. The molecule has 2 heterocycles. The number of carbonyl (C=O) groups is 1. The Morgan fingerprint density at radius 1 is 0.838 bits per heavy atom. The van der Waals surface area contributed by atoms with Crippen LogP contribution in [0.25, 0.3) is 22.5 Å². The summed E-state index contributed by atoms with van der Waals surface area (Å²) in [5, 5.41) is 8.32. The van der Waals surface area contributed by atoms with E-state index >= 15 is 0 Å². The SMILES string of the molecule is CCCCC1=NNC(=O)[N+]1(CCc1ccccc1)Cc1ccc(-c2ccccc2-c2noc(=O)[nH]2)cc1. The number of benzene rings is 3. The molecule has 1 aromatic heterocycles. The van der Waals surface area contributed by atoms with Crippen molar-refractivity contribution in [3.8, 4) is 22.5 Å². The van der Waals surface area contributed by atoms with Gasteiger partial charge in [0, 0.05) is 24.0 Å². The molecule has 0 saturated heterocycles. The zero-order valence-corrected chi connectivity index (χ0v) is 20.8. The Balaban J connectivity index is 1.43. The number of amides is 2. The molecular weight excluding hydrogens is 466 g/mol. The molecule has 0 bridgehead atoms. The summed E-state index contributed by atoms with van der Waals surface area (Å²) in [6.45, 7) is 3.32. The fraction of sp³-hybridized carbons (Fsp3) is 0.241. The summed E-state index contributed by atoms with van der Waals surface area (Å²) in [5.74, 6) is 0.696. The van der Waals surface area contributed by atoms with Crippen molar-refractivity contribution in [2.45, 2.75) is 39.2 Å². The standard InChI is InChI=1S/C29H29N5O3/c1-2-3-13-26-31-32-28(35)34(26,19-18-21-9-5-4-6-10-21)20-22-14-16-23(17-15-22)24-11-7-8-12-25(24)27-30-29(36)37-33-27/h4-12,14-17H,2-3,13,18-20H2,1H3,(H-,30,32,33,35,36)/p+1. The van der Waals surface area contributed by atoms with Crippen LogP contribution in [0.15, 0.2) is 93.3 Å². The number of nitrogens with one attached hydrogen (secondary N) is 2. The summed E-state index contributed by atoms with van der Waals surface area (Å²) in [5.41, 5.74) is 7.70. The molecule has 1 atom stereocenters. The molecule has 37 heavy (non-hydrogen) atoms. The average molecular weight is 497 g/mol. The lowest BCUT2D eigenvalue weighted by atomic mass is 9.98. The minimum atomic E-state index is -0.589. The third kappa shape index (κ3) is 5.15. The summed E-state index contributed by atoms with van der Waals surface area (Å²) in [6, 6.07) is 26.1. The van der Waals surface area contributed by atoms with Gasteiger partial charge in [-0.1, -0.05) is 97.4 Å². The van der Waals surface area contributed by atoms with E-state index in [-0.39, 0.29) is 10.5 Å². The number of carbonyl (C=O) groups excluding carboxylic acids is 1. The number of urea groups is 1. The number of aromatic amines is 1. The van der Waals surface area contributed by atoms with Crippen LogP contribution >= 0.6 is 0 Å². The van der Waals surface area contributed by atoms with Gasteiger partial charge < -0.3 is 0 Å². The van der Waals surface area contributed by atoms with Gasteiger partial charge in [0.15, 0.2) is 5.82 Å². The van der Waals surface area contributed by atoms with E-state index in [4.69, 9.17) is 4.52 Å². The van der Waals surface area contributed by atoms with E-state index in [1.807, 2.05) is 54.6 Å².